The smallest absolute Gasteiger partial charge is 0.229 e. The fourth-order valence-corrected chi connectivity index (χ4v) is 3.10. The number of nitrogens with two attached hydrogens (primary N) is 1. The molecule has 0 bridgehead atoms. The molecule has 8 heteroatoms. The molecule has 2 aliphatic rings. The van der Waals surface area contributed by atoms with E-state index in [1.807, 2.05) is 24.3 Å². The van der Waals surface area contributed by atoms with Gasteiger partial charge in [-0.2, -0.15) is 4.98 Å². The van der Waals surface area contributed by atoms with Crippen LogP contribution in [-0.2, 0) is 11.4 Å². The number of hydrogen-bond donors (Lipinski definition) is 2. The molecule has 1 amide bonds. The molecular weight excluding hydrogens is 356 g/mol. The van der Waals surface area contributed by atoms with E-state index >= 15 is 0 Å². The molecule has 2 atom stereocenters. The number of ether oxygens (including phenoxy) is 1. The van der Waals surface area contributed by atoms with E-state index in [1.54, 1.807) is 0 Å². The summed E-state index contributed by atoms with van der Waals surface area (Å²) in [6.45, 7) is 0.266. The number of carbonyl (C=O) groups excluding carboxylic acids is 1. The number of hydrogen-bond acceptors (Lipinski definition) is 6. The molecule has 1 aromatic carbocycles. The summed E-state index contributed by atoms with van der Waals surface area (Å²) in [5.41, 5.74) is 6.62. The van der Waals surface area contributed by atoms with Gasteiger partial charge in [0.1, 0.15) is 5.75 Å². The molecule has 2 aliphatic carbocycles. The van der Waals surface area contributed by atoms with Gasteiger partial charge in [-0.1, -0.05) is 5.16 Å². The quantitative estimate of drug-likeness (QED) is 0.800. The van der Waals surface area contributed by atoms with Crippen molar-refractivity contribution in [3.8, 4) is 5.75 Å². The summed E-state index contributed by atoms with van der Waals surface area (Å²) in [5.74, 6) is 2.46. The van der Waals surface area contributed by atoms with Gasteiger partial charge >= 0.3 is 0 Å². The summed E-state index contributed by atoms with van der Waals surface area (Å²) < 4.78 is 10.9. The zero-order chi connectivity index (χ0) is 17.2. The molecule has 7 nitrogen and oxygen atoms in total. The Hall–Kier alpha value is -2.12. The first-order valence-electron chi connectivity index (χ1n) is 8.79. The van der Waals surface area contributed by atoms with Crippen molar-refractivity contribution in [2.24, 2.45) is 11.7 Å². The highest BCUT2D eigenvalue weighted by Crippen LogP contribution is 2.38. The number of amides is 1. The maximum Gasteiger partial charge on any atom is 0.229 e. The summed E-state index contributed by atoms with van der Waals surface area (Å²) in [7, 11) is 0. The van der Waals surface area contributed by atoms with E-state index in [-0.39, 0.29) is 36.9 Å². The summed E-state index contributed by atoms with van der Waals surface area (Å²) >= 11 is 0. The number of halogens is 1. The van der Waals surface area contributed by atoms with Crippen LogP contribution in [0.4, 0.5) is 5.69 Å². The van der Waals surface area contributed by atoms with Crippen molar-refractivity contribution in [2.75, 3.05) is 5.32 Å². The fourth-order valence-electron chi connectivity index (χ4n) is 3.10. The average molecular weight is 379 g/mol. The largest absolute Gasteiger partial charge is 0.485 e. The topological polar surface area (TPSA) is 103 Å². The number of aromatic nitrogens is 2. The predicted octanol–water partition coefficient (Wildman–Crippen LogP) is 3.01. The van der Waals surface area contributed by atoms with Gasteiger partial charge < -0.3 is 20.3 Å². The highest BCUT2D eigenvalue weighted by Gasteiger charge is 2.29. The number of anilines is 1. The van der Waals surface area contributed by atoms with Crippen LogP contribution in [-0.4, -0.2) is 22.1 Å². The van der Waals surface area contributed by atoms with Crippen molar-refractivity contribution >= 4 is 24.0 Å². The van der Waals surface area contributed by atoms with Gasteiger partial charge in [-0.25, -0.2) is 0 Å². The van der Waals surface area contributed by atoms with Gasteiger partial charge in [-0.15, -0.1) is 12.4 Å². The number of nitrogens with zero attached hydrogens (tertiary/aromatic N) is 2. The van der Waals surface area contributed by atoms with Gasteiger partial charge in [0.2, 0.25) is 17.6 Å². The first-order valence-corrected chi connectivity index (χ1v) is 8.79. The minimum absolute atomic E-state index is 0. The van der Waals surface area contributed by atoms with Crippen LogP contribution in [0.3, 0.4) is 0 Å². The van der Waals surface area contributed by atoms with Crippen molar-refractivity contribution in [1.82, 2.24) is 10.1 Å². The Morgan fingerprint density at radius 2 is 2.00 bits per heavy atom. The molecule has 0 saturated heterocycles. The maximum atomic E-state index is 12.2. The fraction of sp³-hybridized carbons (Fsp3) is 0.500. The lowest BCUT2D eigenvalue weighted by Gasteiger charge is -2.11. The second-order valence-electron chi connectivity index (χ2n) is 6.90. The van der Waals surface area contributed by atoms with Crippen LogP contribution < -0.4 is 15.8 Å². The lowest BCUT2D eigenvalue weighted by molar-refractivity contribution is -0.119. The first-order chi connectivity index (χ1) is 12.2. The monoisotopic (exact) mass is 378 g/mol. The Morgan fingerprint density at radius 1 is 1.23 bits per heavy atom. The highest BCUT2D eigenvalue weighted by atomic mass is 35.5. The average Bonchev–Trinajstić information content (AvgIpc) is 3.19. The van der Waals surface area contributed by atoms with E-state index in [0.29, 0.717) is 23.4 Å². The minimum atomic E-state index is 0. The molecule has 2 unspecified atom stereocenters. The zero-order valence-electron chi connectivity index (χ0n) is 14.4. The Balaban J connectivity index is 0.00000196. The van der Waals surface area contributed by atoms with Crippen molar-refractivity contribution in [3.05, 3.63) is 36.0 Å². The van der Waals surface area contributed by atoms with Gasteiger partial charge in [-0.3, -0.25) is 4.79 Å². The van der Waals surface area contributed by atoms with Gasteiger partial charge in [0, 0.05) is 23.6 Å². The lowest BCUT2D eigenvalue weighted by Crippen LogP contribution is -2.23. The Labute approximate surface area is 158 Å². The third-order valence-corrected chi connectivity index (χ3v) is 4.74. The highest BCUT2D eigenvalue weighted by molar-refractivity contribution is 5.92. The van der Waals surface area contributed by atoms with Crippen LogP contribution in [0.25, 0.3) is 0 Å². The van der Waals surface area contributed by atoms with Crippen molar-refractivity contribution in [1.29, 1.82) is 0 Å². The van der Waals surface area contributed by atoms with Crippen LogP contribution in [0.15, 0.2) is 28.8 Å². The molecule has 0 aliphatic heterocycles. The van der Waals surface area contributed by atoms with Crippen LogP contribution in [0.1, 0.15) is 49.7 Å². The van der Waals surface area contributed by atoms with E-state index in [0.717, 1.165) is 37.8 Å². The van der Waals surface area contributed by atoms with Crippen molar-refractivity contribution in [2.45, 2.75) is 50.7 Å². The number of benzene rings is 1. The van der Waals surface area contributed by atoms with Gasteiger partial charge in [0.25, 0.3) is 0 Å². The van der Waals surface area contributed by atoms with Crippen LogP contribution in [0.5, 0.6) is 5.75 Å². The first kappa shape index (κ1) is 18.7. The van der Waals surface area contributed by atoms with E-state index in [2.05, 4.69) is 15.5 Å². The van der Waals surface area contributed by atoms with Gasteiger partial charge in [0.15, 0.2) is 6.61 Å². The Kier molecular flexibility index (Phi) is 5.78. The molecule has 2 aromatic rings. The molecule has 140 valence electrons. The SMILES string of the molecule is Cl.NC1CCC(C(=O)Nc2ccc(OCc3noc(C4CC4)n3)cc2)C1. The summed E-state index contributed by atoms with van der Waals surface area (Å²) in [6, 6.07) is 7.44. The molecule has 1 heterocycles. The van der Waals surface area contributed by atoms with Crippen molar-refractivity contribution < 1.29 is 14.1 Å². The van der Waals surface area contributed by atoms with E-state index in [9.17, 15) is 4.79 Å². The van der Waals surface area contributed by atoms with Crippen LogP contribution >= 0.6 is 12.4 Å². The van der Waals surface area contributed by atoms with Crippen LogP contribution in [0.2, 0.25) is 0 Å². The maximum absolute atomic E-state index is 12.2. The summed E-state index contributed by atoms with van der Waals surface area (Å²) in [4.78, 5) is 16.5. The van der Waals surface area contributed by atoms with Gasteiger partial charge in [-0.05, 0) is 56.4 Å². The number of carbonyl (C=O) groups is 1. The van der Waals surface area contributed by atoms with E-state index in [1.165, 1.54) is 0 Å². The molecule has 1 aromatic heterocycles. The number of nitrogens with one attached hydrogen (secondary N) is 1. The van der Waals surface area contributed by atoms with Gasteiger partial charge in [0.05, 0.1) is 0 Å². The number of rotatable bonds is 6. The standard InChI is InChI=1S/C18H22N4O3.ClH/c19-13-4-3-12(9-13)17(23)20-14-5-7-15(8-6-14)24-10-16-21-18(25-22-16)11-1-2-11;/h5-8,11-13H,1-4,9-10,19H2,(H,20,23);1H. The van der Waals surface area contributed by atoms with E-state index in [4.69, 9.17) is 15.0 Å². The lowest BCUT2D eigenvalue weighted by atomic mass is 10.1. The molecular formula is C18H23ClN4O3. The van der Waals surface area contributed by atoms with Crippen molar-refractivity contribution in [3.63, 3.8) is 0 Å². The third kappa shape index (κ3) is 4.53. The zero-order valence-corrected chi connectivity index (χ0v) is 15.2. The second kappa shape index (κ2) is 8.05. The third-order valence-electron chi connectivity index (χ3n) is 4.74. The minimum Gasteiger partial charge on any atom is -0.485 e. The molecule has 2 fully saturated rings. The molecule has 0 spiro atoms. The normalized spacial score (nSPS) is 21.9. The summed E-state index contributed by atoms with van der Waals surface area (Å²) in [6.07, 6.45) is 4.80. The summed E-state index contributed by atoms with van der Waals surface area (Å²) in [5, 5.41) is 6.86. The molecule has 4 rings (SSSR count). The van der Waals surface area contributed by atoms with Crippen LogP contribution in [0, 0.1) is 5.92 Å². The Morgan fingerprint density at radius 3 is 2.65 bits per heavy atom. The molecule has 2 saturated carbocycles. The molecule has 26 heavy (non-hydrogen) atoms. The predicted molar refractivity (Wildman–Crippen MR) is 98.2 cm³/mol. The molecule has 0 radical (unpaired) electrons. The molecule has 3 N–H and O–H groups in total. The Bertz CT molecular complexity index is 745. The second-order valence-corrected chi connectivity index (χ2v) is 6.90. The van der Waals surface area contributed by atoms with E-state index < -0.39 is 0 Å².